The summed E-state index contributed by atoms with van der Waals surface area (Å²) in [7, 11) is 0. The molecule has 2 amide bonds. The van der Waals surface area contributed by atoms with Gasteiger partial charge in [0.25, 0.3) is 5.91 Å². The summed E-state index contributed by atoms with van der Waals surface area (Å²) in [6, 6.07) is 9.86. The summed E-state index contributed by atoms with van der Waals surface area (Å²) < 4.78 is 38.4. The molecule has 0 saturated heterocycles. The third-order valence-corrected chi connectivity index (χ3v) is 3.95. The van der Waals surface area contributed by atoms with Crippen LogP contribution in [-0.2, 0) is 17.4 Å². The van der Waals surface area contributed by atoms with Crippen LogP contribution in [0.15, 0.2) is 53.0 Å². The van der Waals surface area contributed by atoms with Crippen molar-refractivity contribution in [2.75, 3.05) is 0 Å². The maximum atomic E-state index is 12.5. The zero-order valence-corrected chi connectivity index (χ0v) is 14.4. The lowest BCUT2D eigenvalue weighted by atomic mass is 10.0. The average molecular weight is 415 g/mol. The van der Waals surface area contributed by atoms with Crippen LogP contribution in [0.3, 0.4) is 0 Å². The molecule has 0 spiro atoms. The van der Waals surface area contributed by atoms with Gasteiger partial charge in [0, 0.05) is 16.5 Å². The predicted molar refractivity (Wildman–Crippen MR) is 89.7 cm³/mol. The Hall–Kier alpha value is -2.35. The molecule has 2 aromatic carbocycles. The molecule has 0 heterocycles. The summed E-state index contributed by atoms with van der Waals surface area (Å²) in [4.78, 5) is 23.8. The first kappa shape index (κ1) is 19.0. The van der Waals surface area contributed by atoms with Crippen molar-refractivity contribution in [3.05, 3.63) is 69.7 Å². The Morgan fingerprint density at radius 1 is 1.12 bits per heavy atom. The summed E-state index contributed by atoms with van der Waals surface area (Å²) in [6.07, 6.45) is -4.31. The molecule has 2 rings (SSSR count). The molecule has 8 heteroatoms. The molecule has 0 unspecified atom stereocenters. The highest BCUT2D eigenvalue weighted by atomic mass is 79.9. The monoisotopic (exact) mass is 414 g/mol. The van der Waals surface area contributed by atoms with E-state index in [9.17, 15) is 22.8 Å². The van der Waals surface area contributed by atoms with Crippen molar-refractivity contribution in [3.63, 3.8) is 0 Å². The van der Waals surface area contributed by atoms with Gasteiger partial charge in [0.05, 0.1) is 5.56 Å². The van der Waals surface area contributed by atoms with Crippen LogP contribution in [0.4, 0.5) is 13.2 Å². The summed E-state index contributed by atoms with van der Waals surface area (Å²) in [5, 5.41) is 2.45. The first-order valence-corrected chi connectivity index (χ1v) is 7.98. The van der Waals surface area contributed by atoms with E-state index < -0.39 is 29.6 Å². The lowest BCUT2D eigenvalue weighted by Crippen LogP contribution is -2.45. The zero-order valence-electron chi connectivity index (χ0n) is 12.8. The van der Waals surface area contributed by atoms with E-state index in [4.69, 9.17) is 5.73 Å². The maximum Gasteiger partial charge on any atom is 0.416 e. The highest BCUT2D eigenvalue weighted by molar-refractivity contribution is 9.10. The molecule has 0 aliphatic rings. The number of rotatable bonds is 5. The number of hydrogen-bond donors (Lipinski definition) is 2. The second-order valence-electron chi connectivity index (χ2n) is 5.34. The molecule has 0 aromatic heterocycles. The molecule has 0 fully saturated rings. The maximum absolute atomic E-state index is 12.5. The van der Waals surface area contributed by atoms with Crippen LogP contribution in [0.5, 0.6) is 0 Å². The number of nitrogens with one attached hydrogen (secondary N) is 1. The molecular weight excluding hydrogens is 401 g/mol. The molecule has 3 N–H and O–H groups in total. The van der Waals surface area contributed by atoms with Gasteiger partial charge in [0.2, 0.25) is 5.91 Å². The van der Waals surface area contributed by atoms with Gasteiger partial charge in [0.15, 0.2) is 0 Å². The third kappa shape index (κ3) is 5.32. The summed E-state index contributed by atoms with van der Waals surface area (Å²) in [5.41, 5.74) is 5.24. The predicted octanol–water partition coefficient (Wildman–Crippen LogP) is 3.29. The molecule has 1 atom stereocenters. The van der Waals surface area contributed by atoms with Crippen molar-refractivity contribution in [2.24, 2.45) is 5.73 Å². The zero-order chi connectivity index (χ0) is 18.6. The first-order valence-electron chi connectivity index (χ1n) is 7.18. The van der Waals surface area contributed by atoms with E-state index in [-0.39, 0.29) is 12.0 Å². The van der Waals surface area contributed by atoms with E-state index >= 15 is 0 Å². The van der Waals surface area contributed by atoms with Crippen LogP contribution in [0.2, 0.25) is 0 Å². The Morgan fingerprint density at radius 2 is 1.76 bits per heavy atom. The fourth-order valence-electron chi connectivity index (χ4n) is 2.17. The van der Waals surface area contributed by atoms with Gasteiger partial charge < -0.3 is 11.1 Å². The summed E-state index contributed by atoms with van der Waals surface area (Å²) in [6.45, 7) is 0. The van der Waals surface area contributed by atoms with Gasteiger partial charge in [-0.25, -0.2) is 0 Å². The first-order chi connectivity index (χ1) is 11.7. The quantitative estimate of drug-likeness (QED) is 0.787. The lowest BCUT2D eigenvalue weighted by Gasteiger charge is -2.16. The minimum atomic E-state index is -4.48. The Morgan fingerprint density at radius 3 is 2.28 bits per heavy atom. The van der Waals surface area contributed by atoms with Crippen LogP contribution in [-0.4, -0.2) is 17.9 Å². The van der Waals surface area contributed by atoms with Crippen LogP contribution in [0.1, 0.15) is 21.5 Å². The van der Waals surface area contributed by atoms with Crippen LogP contribution in [0, 0.1) is 0 Å². The number of halogens is 4. The number of primary amides is 1. The van der Waals surface area contributed by atoms with Crippen molar-refractivity contribution in [1.82, 2.24) is 5.32 Å². The number of amides is 2. The van der Waals surface area contributed by atoms with Crippen LogP contribution >= 0.6 is 15.9 Å². The standard InChI is InChI=1S/C17H14BrF3N2O2/c18-13-3-1-2-10(8-13)9-14(15(22)24)23-16(25)11-4-6-12(7-5-11)17(19,20)21/h1-8,14H,9H2,(H2,22,24)(H,23,25)/t14-/m0/s1. The van der Waals surface area contributed by atoms with E-state index in [1.165, 1.54) is 0 Å². The molecule has 0 bridgehead atoms. The molecule has 4 nitrogen and oxygen atoms in total. The Kier molecular flexibility index (Phi) is 5.84. The van der Waals surface area contributed by atoms with Crippen molar-refractivity contribution in [3.8, 4) is 0 Å². The Bertz CT molecular complexity index is 776. The Labute approximate surface area is 150 Å². The van der Waals surface area contributed by atoms with E-state index in [2.05, 4.69) is 21.2 Å². The minimum Gasteiger partial charge on any atom is -0.368 e. The number of carbonyl (C=O) groups excluding carboxylic acids is 2. The van der Waals surface area contributed by atoms with Crippen LogP contribution in [0.25, 0.3) is 0 Å². The molecule has 25 heavy (non-hydrogen) atoms. The highest BCUT2D eigenvalue weighted by Crippen LogP contribution is 2.29. The van der Waals surface area contributed by atoms with Gasteiger partial charge >= 0.3 is 6.18 Å². The van der Waals surface area contributed by atoms with E-state index in [0.29, 0.717) is 0 Å². The van der Waals surface area contributed by atoms with Crippen molar-refractivity contribution < 1.29 is 22.8 Å². The summed E-state index contributed by atoms with van der Waals surface area (Å²) in [5.74, 6) is -1.41. The van der Waals surface area contributed by atoms with Gasteiger partial charge in [-0.05, 0) is 42.0 Å². The molecule has 2 aromatic rings. The third-order valence-electron chi connectivity index (χ3n) is 3.45. The van der Waals surface area contributed by atoms with E-state index in [1.54, 1.807) is 18.2 Å². The second-order valence-corrected chi connectivity index (χ2v) is 6.25. The fraction of sp³-hybridized carbons (Fsp3) is 0.176. The normalized spacial score (nSPS) is 12.5. The molecule has 132 valence electrons. The van der Waals surface area contributed by atoms with Gasteiger partial charge in [-0.3, -0.25) is 9.59 Å². The average Bonchev–Trinajstić information content (AvgIpc) is 2.53. The number of hydrogen-bond acceptors (Lipinski definition) is 2. The summed E-state index contributed by atoms with van der Waals surface area (Å²) >= 11 is 3.30. The van der Waals surface area contributed by atoms with Gasteiger partial charge in [0.1, 0.15) is 6.04 Å². The SMILES string of the molecule is NC(=O)[C@H](Cc1cccc(Br)c1)NC(=O)c1ccc(C(F)(F)F)cc1. The van der Waals surface area contributed by atoms with Crippen LogP contribution < -0.4 is 11.1 Å². The van der Waals surface area contributed by atoms with Crippen molar-refractivity contribution >= 4 is 27.7 Å². The van der Waals surface area contributed by atoms with Gasteiger partial charge in [-0.15, -0.1) is 0 Å². The van der Waals surface area contributed by atoms with Crippen molar-refractivity contribution in [1.29, 1.82) is 0 Å². The molecular formula is C17H14BrF3N2O2. The largest absolute Gasteiger partial charge is 0.416 e. The van der Waals surface area contributed by atoms with Gasteiger partial charge in [-0.1, -0.05) is 28.1 Å². The number of nitrogens with two attached hydrogens (primary N) is 1. The topological polar surface area (TPSA) is 72.2 Å². The minimum absolute atomic E-state index is 0.00786. The molecule has 0 radical (unpaired) electrons. The molecule has 0 aliphatic carbocycles. The van der Waals surface area contributed by atoms with E-state index in [0.717, 1.165) is 34.3 Å². The Balaban J connectivity index is 2.11. The second kappa shape index (κ2) is 7.69. The number of benzene rings is 2. The molecule has 0 aliphatic heterocycles. The highest BCUT2D eigenvalue weighted by Gasteiger charge is 2.30. The smallest absolute Gasteiger partial charge is 0.368 e. The molecule has 0 saturated carbocycles. The number of carbonyl (C=O) groups is 2. The fourth-order valence-corrected chi connectivity index (χ4v) is 2.62. The van der Waals surface area contributed by atoms with Gasteiger partial charge in [-0.2, -0.15) is 13.2 Å². The van der Waals surface area contributed by atoms with Crippen molar-refractivity contribution in [2.45, 2.75) is 18.6 Å². The number of alkyl halides is 3. The van der Waals surface area contributed by atoms with E-state index in [1.807, 2.05) is 6.07 Å². The lowest BCUT2D eigenvalue weighted by molar-refractivity contribution is -0.137.